The van der Waals surface area contributed by atoms with E-state index in [1.165, 1.54) is 17.2 Å². The van der Waals surface area contributed by atoms with E-state index in [-0.39, 0.29) is 0 Å². The van der Waals surface area contributed by atoms with Crippen LogP contribution in [0, 0.1) is 0 Å². The zero-order valence-corrected chi connectivity index (χ0v) is 11.3. The molecule has 4 heteroatoms. The average molecular weight is 256 g/mol. The van der Waals surface area contributed by atoms with E-state index in [9.17, 15) is 0 Å². The molecule has 19 heavy (non-hydrogen) atoms. The summed E-state index contributed by atoms with van der Waals surface area (Å²) in [7, 11) is 1.97. The molecule has 0 bridgehead atoms. The molecule has 2 heterocycles. The van der Waals surface area contributed by atoms with Gasteiger partial charge in [0.25, 0.3) is 0 Å². The number of benzene rings is 1. The SMILES string of the molecule is CNc1cccc2ccnc(N3CCCNCC3)c12. The molecule has 100 valence electrons. The molecule has 2 aromatic rings. The van der Waals surface area contributed by atoms with Crippen molar-refractivity contribution in [3.05, 3.63) is 30.5 Å². The number of pyridine rings is 1. The van der Waals surface area contributed by atoms with Crippen LogP contribution >= 0.6 is 0 Å². The van der Waals surface area contributed by atoms with Crippen molar-refractivity contribution in [1.82, 2.24) is 10.3 Å². The molecular formula is C15H20N4. The van der Waals surface area contributed by atoms with Crippen molar-refractivity contribution in [3.63, 3.8) is 0 Å². The topological polar surface area (TPSA) is 40.2 Å². The maximum Gasteiger partial charge on any atom is 0.138 e. The fourth-order valence-corrected chi connectivity index (χ4v) is 2.72. The van der Waals surface area contributed by atoms with Crippen LogP contribution in [0.4, 0.5) is 11.5 Å². The quantitative estimate of drug-likeness (QED) is 0.863. The zero-order valence-electron chi connectivity index (χ0n) is 11.3. The zero-order chi connectivity index (χ0) is 13.1. The summed E-state index contributed by atoms with van der Waals surface area (Å²) in [5.41, 5.74) is 1.15. The van der Waals surface area contributed by atoms with Crippen LogP contribution in [0.15, 0.2) is 30.5 Å². The van der Waals surface area contributed by atoms with E-state index in [1.807, 2.05) is 13.2 Å². The van der Waals surface area contributed by atoms with Crippen LogP contribution in [0.1, 0.15) is 6.42 Å². The Balaban J connectivity index is 2.11. The monoisotopic (exact) mass is 256 g/mol. The van der Waals surface area contributed by atoms with Gasteiger partial charge < -0.3 is 15.5 Å². The first kappa shape index (κ1) is 12.2. The van der Waals surface area contributed by atoms with Crippen molar-refractivity contribution in [2.75, 3.05) is 43.4 Å². The second-order valence-electron chi connectivity index (χ2n) is 4.88. The summed E-state index contributed by atoms with van der Waals surface area (Å²) in [6, 6.07) is 8.43. The molecule has 0 atom stereocenters. The number of hydrogen-bond donors (Lipinski definition) is 2. The van der Waals surface area contributed by atoms with Gasteiger partial charge in [-0.3, -0.25) is 0 Å². The minimum Gasteiger partial charge on any atom is -0.388 e. The minimum atomic E-state index is 1.02. The van der Waals surface area contributed by atoms with Gasteiger partial charge in [-0.25, -0.2) is 4.98 Å². The Morgan fingerprint density at radius 3 is 3.05 bits per heavy atom. The van der Waals surface area contributed by atoms with Crippen molar-refractivity contribution >= 4 is 22.3 Å². The Hall–Kier alpha value is -1.81. The molecule has 1 aromatic carbocycles. The van der Waals surface area contributed by atoms with Gasteiger partial charge in [-0.2, -0.15) is 0 Å². The highest BCUT2D eigenvalue weighted by atomic mass is 15.2. The van der Waals surface area contributed by atoms with Gasteiger partial charge in [-0.15, -0.1) is 0 Å². The number of hydrogen-bond acceptors (Lipinski definition) is 4. The van der Waals surface area contributed by atoms with Crippen molar-refractivity contribution in [3.8, 4) is 0 Å². The standard InChI is InChI=1S/C15H20N4/c1-16-13-5-2-4-12-6-8-18-15(14(12)13)19-10-3-7-17-9-11-19/h2,4-6,8,16-17H,3,7,9-11H2,1H3. The largest absolute Gasteiger partial charge is 0.388 e. The fraction of sp³-hybridized carbons (Fsp3) is 0.400. The molecular weight excluding hydrogens is 236 g/mol. The minimum absolute atomic E-state index is 1.02. The van der Waals surface area contributed by atoms with Gasteiger partial charge in [0.15, 0.2) is 0 Å². The molecule has 0 saturated carbocycles. The average Bonchev–Trinajstić information content (AvgIpc) is 2.75. The van der Waals surface area contributed by atoms with Crippen molar-refractivity contribution in [2.45, 2.75) is 6.42 Å². The fourth-order valence-electron chi connectivity index (χ4n) is 2.72. The Labute approximate surface area is 113 Å². The Morgan fingerprint density at radius 1 is 1.21 bits per heavy atom. The van der Waals surface area contributed by atoms with Crippen molar-refractivity contribution < 1.29 is 0 Å². The maximum absolute atomic E-state index is 4.64. The smallest absolute Gasteiger partial charge is 0.138 e. The molecule has 0 aliphatic carbocycles. The highest BCUT2D eigenvalue weighted by Gasteiger charge is 2.15. The number of anilines is 2. The van der Waals surface area contributed by atoms with E-state index in [2.05, 4.69) is 44.8 Å². The summed E-state index contributed by atoms with van der Waals surface area (Å²) < 4.78 is 0. The maximum atomic E-state index is 4.64. The first-order chi connectivity index (χ1) is 9.40. The molecule has 1 saturated heterocycles. The van der Waals surface area contributed by atoms with Crippen molar-refractivity contribution in [1.29, 1.82) is 0 Å². The van der Waals surface area contributed by atoms with Crippen LogP contribution in [0.5, 0.6) is 0 Å². The van der Waals surface area contributed by atoms with Crippen molar-refractivity contribution in [2.24, 2.45) is 0 Å². The first-order valence-electron chi connectivity index (χ1n) is 6.91. The lowest BCUT2D eigenvalue weighted by molar-refractivity contribution is 0.724. The molecule has 2 N–H and O–H groups in total. The van der Waals surface area contributed by atoms with Crippen LogP contribution in [0.3, 0.4) is 0 Å². The van der Waals surface area contributed by atoms with Crippen LogP contribution in [0.25, 0.3) is 10.8 Å². The summed E-state index contributed by atoms with van der Waals surface area (Å²) in [4.78, 5) is 7.03. The van der Waals surface area contributed by atoms with Crippen LogP contribution in [-0.2, 0) is 0 Å². The molecule has 0 amide bonds. The lowest BCUT2D eigenvalue weighted by Crippen LogP contribution is -2.28. The molecule has 0 radical (unpaired) electrons. The number of nitrogens with zero attached hydrogens (tertiary/aromatic N) is 2. The Morgan fingerprint density at radius 2 is 2.16 bits per heavy atom. The molecule has 0 unspecified atom stereocenters. The molecule has 1 aliphatic heterocycles. The van der Waals surface area contributed by atoms with E-state index in [0.717, 1.165) is 37.7 Å². The first-order valence-corrected chi connectivity index (χ1v) is 6.91. The molecule has 3 rings (SSSR count). The van der Waals surface area contributed by atoms with Gasteiger partial charge in [-0.05, 0) is 30.5 Å². The van der Waals surface area contributed by atoms with Gasteiger partial charge in [0, 0.05) is 44.0 Å². The van der Waals surface area contributed by atoms with Crippen LogP contribution in [-0.4, -0.2) is 38.2 Å². The lowest BCUT2D eigenvalue weighted by Gasteiger charge is -2.23. The van der Waals surface area contributed by atoms with Gasteiger partial charge in [0.2, 0.25) is 0 Å². The summed E-state index contributed by atoms with van der Waals surface area (Å²) in [5, 5.41) is 9.20. The number of aromatic nitrogens is 1. The van der Waals surface area contributed by atoms with E-state index in [1.54, 1.807) is 0 Å². The summed E-state index contributed by atoms with van der Waals surface area (Å²) in [5.74, 6) is 1.10. The molecule has 0 spiro atoms. The van der Waals surface area contributed by atoms with Gasteiger partial charge in [-0.1, -0.05) is 12.1 Å². The second-order valence-corrected chi connectivity index (χ2v) is 4.88. The third-order valence-electron chi connectivity index (χ3n) is 3.68. The summed E-state index contributed by atoms with van der Waals surface area (Å²) >= 11 is 0. The van der Waals surface area contributed by atoms with E-state index in [4.69, 9.17) is 0 Å². The number of nitrogens with one attached hydrogen (secondary N) is 2. The molecule has 1 fully saturated rings. The van der Waals surface area contributed by atoms with Gasteiger partial charge >= 0.3 is 0 Å². The molecule has 4 nitrogen and oxygen atoms in total. The summed E-state index contributed by atoms with van der Waals surface area (Å²) in [6.45, 7) is 4.21. The van der Waals surface area contributed by atoms with Crippen LogP contribution in [0.2, 0.25) is 0 Å². The van der Waals surface area contributed by atoms with E-state index in [0.29, 0.717) is 0 Å². The highest BCUT2D eigenvalue weighted by molar-refractivity contribution is 6.01. The van der Waals surface area contributed by atoms with E-state index < -0.39 is 0 Å². The number of rotatable bonds is 2. The predicted octanol–water partition coefficient (Wildman–Crippen LogP) is 2.08. The summed E-state index contributed by atoms with van der Waals surface area (Å²) in [6.07, 6.45) is 3.08. The third kappa shape index (κ3) is 2.36. The Bertz CT molecular complexity index is 554. The van der Waals surface area contributed by atoms with Crippen LogP contribution < -0.4 is 15.5 Å². The lowest BCUT2D eigenvalue weighted by atomic mass is 10.1. The van der Waals surface area contributed by atoms with E-state index >= 15 is 0 Å². The molecule has 1 aliphatic rings. The Kier molecular flexibility index (Phi) is 3.51. The van der Waals surface area contributed by atoms with Gasteiger partial charge in [0.1, 0.15) is 5.82 Å². The third-order valence-corrected chi connectivity index (χ3v) is 3.68. The second kappa shape index (κ2) is 5.45. The van der Waals surface area contributed by atoms with Gasteiger partial charge in [0.05, 0.1) is 0 Å². The predicted molar refractivity (Wildman–Crippen MR) is 81.0 cm³/mol. The highest BCUT2D eigenvalue weighted by Crippen LogP contribution is 2.31. The normalized spacial score (nSPS) is 16.4. The molecule has 1 aromatic heterocycles. The number of fused-ring (bicyclic) bond motifs is 1.